The van der Waals surface area contributed by atoms with Crippen LogP contribution in [0.1, 0.15) is 356 Å². The van der Waals surface area contributed by atoms with E-state index in [1.165, 1.54) is 89.9 Å². The highest BCUT2D eigenvalue weighted by atomic mass is 16.2. The Morgan fingerprint density at radius 1 is 0.306 bits per heavy atom. The quantitative estimate of drug-likeness (QED) is 0.0338. The smallest absolute Gasteiger partial charge is 0.162 e. The molecule has 72 heavy (non-hydrogen) atoms. The Hall–Kier alpha value is -2.31. The lowest BCUT2D eigenvalue weighted by Crippen LogP contribution is -2.66. The van der Waals surface area contributed by atoms with Crippen LogP contribution in [-0.2, 0) is 33.6 Å². The maximum Gasteiger partial charge on any atom is 0.162 e. The Bertz CT molecular complexity index is 1380. The van der Waals surface area contributed by atoms with E-state index in [-0.39, 0.29) is 44.3 Å². The van der Waals surface area contributed by atoms with Crippen LogP contribution in [0.25, 0.3) is 0 Å². The van der Waals surface area contributed by atoms with Crippen LogP contribution < -0.4 is 0 Å². The van der Waals surface area contributed by atoms with E-state index >= 15 is 19.2 Å². The predicted octanol–water partition coefficient (Wildman–Crippen LogP) is 19.4. The normalized spacial score (nSPS) is 13.6. The van der Waals surface area contributed by atoms with Gasteiger partial charge in [-0.05, 0) is 44.9 Å². The number of rotatable bonds is 58. The van der Waals surface area contributed by atoms with Crippen molar-refractivity contribution >= 4 is 41.0 Å². The first-order chi connectivity index (χ1) is 35.1. The van der Waals surface area contributed by atoms with Gasteiger partial charge in [0.2, 0.25) is 0 Å². The molecule has 0 aliphatic rings. The summed E-state index contributed by atoms with van der Waals surface area (Å²) < 4.78 is 0. The van der Waals surface area contributed by atoms with Crippen LogP contribution in [0.2, 0.25) is 0 Å². The number of Topliss-reactive ketones (excluding diaryl/α,β-unsaturated/α-hetero) is 6. The van der Waals surface area contributed by atoms with Gasteiger partial charge in [-0.25, -0.2) is 0 Å². The van der Waals surface area contributed by atoms with Crippen LogP contribution in [0.3, 0.4) is 0 Å². The second-order valence-corrected chi connectivity index (χ2v) is 22.4. The molecule has 0 N–H and O–H groups in total. The van der Waals surface area contributed by atoms with Crippen LogP contribution >= 0.6 is 0 Å². The molecule has 0 fully saturated rings. The van der Waals surface area contributed by atoms with Crippen molar-refractivity contribution < 1.29 is 33.6 Å². The van der Waals surface area contributed by atoms with Crippen molar-refractivity contribution in [3.05, 3.63) is 0 Å². The molecule has 0 bridgehead atoms. The van der Waals surface area contributed by atoms with E-state index < -0.39 is 39.9 Å². The van der Waals surface area contributed by atoms with Gasteiger partial charge in [0.1, 0.15) is 34.8 Å². The monoisotopic (exact) mass is 1010 g/mol. The Labute approximate surface area is 445 Å². The number of unbranched alkanes of at least 4 members (excludes halogenated alkanes) is 35. The van der Waals surface area contributed by atoms with Gasteiger partial charge in [-0.3, -0.25) is 28.8 Å². The van der Waals surface area contributed by atoms with E-state index in [0.717, 1.165) is 148 Å². The summed E-state index contributed by atoms with van der Waals surface area (Å²) >= 11 is 0. The van der Waals surface area contributed by atoms with Gasteiger partial charge in [0.25, 0.3) is 0 Å². The molecule has 0 aliphatic carbocycles. The fourth-order valence-corrected chi connectivity index (χ4v) is 11.5. The number of carbonyl (C=O) groups is 7. The Morgan fingerprint density at radius 2 is 0.569 bits per heavy atom. The fraction of sp³-hybridized carbons (Fsp3) is 0.892. The molecule has 7 nitrogen and oxygen atoms in total. The molecular weight excluding hydrogens is 893 g/mol. The summed E-state index contributed by atoms with van der Waals surface area (Å²) in [5, 5.41) is 0. The molecule has 0 radical (unpaired) electrons. The van der Waals surface area contributed by atoms with Gasteiger partial charge in [-0.2, -0.15) is 0 Å². The number of hydrogen-bond acceptors (Lipinski definition) is 7. The first-order valence-corrected chi connectivity index (χ1v) is 31.7. The third-order valence-corrected chi connectivity index (χ3v) is 16.1. The Kier molecular flexibility index (Phi) is 46.8. The zero-order valence-electron chi connectivity index (χ0n) is 48.7. The summed E-state index contributed by atoms with van der Waals surface area (Å²) in [6, 6.07) is 0. The second-order valence-electron chi connectivity index (χ2n) is 22.4. The van der Waals surface area contributed by atoms with Gasteiger partial charge in [-0.15, -0.1) is 0 Å². The zero-order valence-corrected chi connectivity index (χ0v) is 48.7. The third kappa shape index (κ3) is 29.1. The SMILES string of the molecule is CCCCCCCCCCCCCC(=O)CCCCCCCCCCCCC(C(=O)CC)C(C(=O)CCC)(C(=O)CCCCC)C(C=O)(C(=O)CCCCCCCCC)C(=O)CCCCCCCCCCC. The molecule has 0 aromatic carbocycles. The highest BCUT2D eigenvalue weighted by molar-refractivity contribution is 6.29. The molecule has 420 valence electrons. The number of ketones is 6. The second kappa shape index (κ2) is 48.3. The van der Waals surface area contributed by atoms with Crippen molar-refractivity contribution in [1.82, 2.24) is 0 Å². The topological polar surface area (TPSA) is 119 Å². The van der Waals surface area contributed by atoms with E-state index in [2.05, 4.69) is 20.8 Å². The minimum absolute atomic E-state index is 0.0435. The summed E-state index contributed by atoms with van der Waals surface area (Å²) in [6.07, 6.45) is 44.3. The van der Waals surface area contributed by atoms with Gasteiger partial charge >= 0.3 is 0 Å². The van der Waals surface area contributed by atoms with E-state index in [9.17, 15) is 14.4 Å². The van der Waals surface area contributed by atoms with Crippen molar-refractivity contribution in [1.29, 1.82) is 0 Å². The van der Waals surface area contributed by atoms with E-state index in [4.69, 9.17) is 0 Å². The molecule has 0 spiro atoms. The summed E-state index contributed by atoms with van der Waals surface area (Å²) in [5.41, 5.74) is -4.85. The highest BCUT2D eigenvalue weighted by Crippen LogP contribution is 2.53. The minimum atomic E-state index is -2.51. The summed E-state index contributed by atoms with van der Waals surface area (Å²) in [4.78, 5) is 102. The van der Waals surface area contributed by atoms with Crippen molar-refractivity contribution in [3.8, 4) is 0 Å². The lowest BCUT2D eigenvalue weighted by atomic mass is 9.47. The van der Waals surface area contributed by atoms with Crippen LogP contribution in [0.15, 0.2) is 0 Å². The minimum Gasteiger partial charge on any atom is -0.302 e. The first kappa shape index (κ1) is 69.7. The first-order valence-electron chi connectivity index (χ1n) is 31.7. The fourth-order valence-electron chi connectivity index (χ4n) is 11.5. The standard InChI is InChI=1S/C65H118O7/c1-7-13-17-20-23-25-26-30-34-38-44-50-57(67)51-45-39-35-31-27-28-32-36-40-46-52-58(59(68)12-6)65(62(71)49-11-5,63(72)55-43-16-10-4)64(56-66,60(69)53-47-41-33-22-19-15-9-3)61(70)54-48-42-37-29-24-21-18-14-8-2/h56,58H,7-55H2,1-6H3. The maximum atomic E-state index is 15.3. The summed E-state index contributed by atoms with van der Waals surface area (Å²) in [6.45, 7) is 12.3. The zero-order chi connectivity index (χ0) is 53.4. The molecule has 0 saturated heterocycles. The molecule has 7 heteroatoms. The maximum absolute atomic E-state index is 15.3. The molecule has 0 aromatic rings. The molecule has 0 aliphatic heterocycles. The molecule has 0 aromatic heterocycles. The van der Waals surface area contributed by atoms with Gasteiger partial charge in [0.15, 0.2) is 17.0 Å². The molecule has 0 amide bonds. The largest absolute Gasteiger partial charge is 0.302 e. The van der Waals surface area contributed by atoms with E-state index in [1.807, 2.05) is 13.8 Å². The molecular formula is C65H118O7. The van der Waals surface area contributed by atoms with Crippen LogP contribution in [0, 0.1) is 16.7 Å². The van der Waals surface area contributed by atoms with Crippen LogP contribution in [0.5, 0.6) is 0 Å². The van der Waals surface area contributed by atoms with Gasteiger partial charge in [0, 0.05) is 50.9 Å². The van der Waals surface area contributed by atoms with E-state index in [0.29, 0.717) is 50.6 Å². The van der Waals surface area contributed by atoms with Crippen molar-refractivity contribution in [2.75, 3.05) is 0 Å². The number of carbonyl (C=O) groups excluding carboxylic acids is 7. The van der Waals surface area contributed by atoms with Crippen LogP contribution in [-0.4, -0.2) is 41.0 Å². The van der Waals surface area contributed by atoms with Crippen LogP contribution in [0.4, 0.5) is 0 Å². The van der Waals surface area contributed by atoms with Gasteiger partial charge < -0.3 is 4.79 Å². The van der Waals surface area contributed by atoms with Crippen molar-refractivity contribution in [2.24, 2.45) is 16.7 Å². The molecule has 3 unspecified atom stereocenters. The molecule has 0 heterocycles. The molecule has 0 saturated carbocycles. The third-order valence-electron chi connectivity index (χ3n) is 16.1. The average molecular weight is 1010 g/mol. The Balaban J connectivity index is 5.94. The predicted molar refractivity (Wildman–Crippen MR) is 305 cm³/mol. The highest BCUT2D eigenvalue weighted by Gasteiger charge is 2.70. The summed E-state index contributed by atoms with van der Waals surface area (Å²) in [5.74, 6) is -3.44. The van der Waals surface area contributed by atoms with Gasteiger partial charge in [-0.1, -0.05) is 266 Å². The Morgan fingerprint density at radius 3 is 0.889 bits per heavy atom. The average Bonchev–Trinajstić information content (AvgIpc) is 3.37. The molecule has 0 rings (SSSR count). The lowest BCUT2D eigenvalue weighted by molar-refractivity contribution is -0.174. The van der Waals surface area contributed by atoms with Crippen molar-refractivity contribution in [2.45, 2.75) is 356 Å². The van der Waals surface area contributed by atoms with Crippen molar-refractivity contribution in [3.63, 3.8) is 0 Å². The number of hydrogen-bond donors (Lipinski definition) is 0. The summed E-state index contributed by atoms with van der Waals surface area (Å²) in [7, 11) is 0. The van der Waals surface area contributed by atoms with E-state index in [1.54, 1.807) is 6.92 Å². The van der Waals surface area contributed by atoms with Gasteiger partial charge in [0.05, 0.1) is 0 Å². The molecule has 3 atom stereocenters. The number of aldehydes is 1. The lowest BCUT2D eigenvalue weighted by Gasteiger charge is -2.48.